The van der Waals surface area contributed by atoms with Gasteiger partial charge >= 0.3 is 0 Å². The molecule has 1 aliphatic heterocycles. The van der Waals surface area contributed by atoms with E-state index in [4.69, 9.17) is 0 Å². The van der Waals surface area contributed by atoms with E-state index in [1.807, 2.05) is 18.2 Å². The maximum Gasteiger partial charge on any atom is 0.274 e. The van der Waals surface area contributed by atoms with E-state index in [-0.39, 0.29) is 49.2 Å². The molecule has 0 aliphatic carbocycles. The highest BCUT2D eigenvalue weighted by Crippen LogP contribution is 2.16. The lowest BCUT2D eigenvalue weighted by molar-refractivity contribution is 0.0691. The van der Waals surface area contributed by atoms with Gasteiger partial charge in [-0.05, 0) is 23.8 Å². The summed E-state index contributed by atoms with van der Waals surface area (Å²) in [5.41, 5.74) is 1.18. The summed E-state index contributed by atoms with van der Waals surface area (Å²) >= 11 is 0. The molecule has 1 aliphatic rings. The second kappa shape index (κ2) is 8.37. The van der Waals surface area contributed by atoms with Crippen LogP contribution in [0.2, 0.25) is 0 Å². The van der Waals surface area contributed by atoms with Crippen molar-refractivity contribution in [2.45, 2.75) is 5.75 Å². The van der Waals surface area contributed by atoms with Crippen LogP contribution in [0.15, 0.2) is 66.9 Å². The molecule has 1 aromatic heterocycles. The fourth-order valence-corrected chi connectivity index (χ4v) is 4.93. The second-order valence-electron chi connectivity index (χ2n) is 7.03. The molecule has 3 aromatic rings. The molecule has 0 saturated carbocycles. The zero-order valence-electron chi connectivity index (χ0n) is 16.2. The van der Waals surface area contributed by atoms with Crippen LogP contribution in [0.1, 0.15) is 16.1 Å². The average Bonchev–Trinajstić information content (AvgIpc) is 3.24. The number of para-hydroxylation sites is 1. The molecule has 0 unspecified atom stereocenters. The van der Waals surface area contributed by atoms with Crippen molar-refractivity contribution in [3.8, 4) is 5.69 Å². The Kier molecular flexibility index (Phi) is 5.65. The van der Waals surface area contributed by atoms with E-state index >= 15 is 0 Å². The highest BCUT2D eigenvalue weighted by molar-refractivity contribution is 7.88. The molecule has 30 heavy (non-hydrogen) atoms. The molecule has 0 N–H and O–H groups in total. The van der Waals surface area contributed by atoms with Crippen molar-refractivity contribution >= 4 is 15.9 Å². The second-order valence-corrected chi connectivity index (χ2v) is 9.00. The van der Waals surface area contributed by atoms with E-state index in [1.165, 1.54) is 27.3 Å². The van der Waals surface area contributed by atoms with Crippen molar-refractivity contribution < 1.29 is 17.6 Å². The largest absolute Gasteiger partial charge is 0.335 e. The van der Waals surface area contributed by atoms with Gasteiger partial charge in [0.15, 0.2) is 5.69 Å². The summed E-state index contributed by atoms with van der Waals surface area (Å²) in [5.74, 6) is -0.795. The molecule has 7 nitrogen and oxygen atoms in total. The van der Waals surface area contributed by atoms with Crippen LogP contribution < -0.4 is 0 Å². The number of carbonyl (C=O) groups is 1. The van der Waals surface area contributed by atoms with Gasteiger partial charge in [0.05, 0.1) is 5.75 Å². The van der Waals surface area contributed by atoms with Crippen LogP contribution in [-0.4, -0.2) is 59.5 Å². The molecule has 156 valence electrons. The summed E-state index contributed by atoms with van der Waals surface area (Å²) in [5, 5.41) is 4.19. The zero-order valence-corrected chi connectivity index (χ0v) is 17.0. The summed E-state index contributed by atoms with van der Waals surface area (Å²) in [4.78, 5) is 14.3. The summed E-state index contributed by atoms with van der Waals surface area (Å²) < 4.78 is 42.0. The molecule has 1 amide bonds. The van der Waals surface area contributed by atoms with Crippen molar-refractivity contribution in [1.29, 1.82) is 0 Å². The predicted molar refractivity (Wildman–Crippen MR) is 110 cm³/mol. The van der Waals surface area contributed by atoms with Crippen LogP contribution in [0, 0.1) is 5.82 Å². The lowest BCUT2D eigenvalue weighted by Gasteiger charge is -2.33. The van der Waals surface area contributed by atoms with E-state index in [1.54, 1.807) is 35.2 Å². The van der Waals surface area contributed by atoms with Crippen molar-refractivity contribution in [3.63, 3.8) is 0 Å². The molecular weight excluding hydrogens is 407 g/mol. The zero-order chi connectivity index (χ0) is 21.1. The molecule has 4 rings (SSSR count). The Morgan fingerprint density at radius 3 is 2.30 bits per heavy atom. The first kappa shape index (κ1) is 20.2. The van der Waals surface area contributed by atoms with Gasteiger partial charge < -0.3 is 4.90 Å². The van der Waals surface area contributed by atoms with Gasteiger partial charge in [0, 0.05) is 32.4 Å². The van der Waals surface area contributed by atoms with Gasteiger partial charge in [-0.1, -0.05) is 42.5 Å². The van der Waals surface area contributed by atoms with E-state index in [0.29, 0.717) is 0 Å². The van der Waals surface area contributed by atoms with Crippen LogP contribution in [0.25, 0.3) is 5.69 Å². The monoisotopic (exact) mass is 428 g/mol. The van der Waals surface area contributed by atoms with Gasteiger partial charge in [0.2, 0.25) is 10.0 Å². The van der Waals surface area contributed by atoms with E-state index in [9.17, 15) is 17.6 Å². The molecule has 0 bridgehead atoms. The molecule has 0 radical (unpaired) electrons. The Balaban J connectivity index is 1.40. The number of rotatable bonds is 5. The number of hydrogen-bond acceptors (Lipinski definition) is 4. The van der Waals surface area contributed by atoms with E-state index in [0.717, 1.165) is 5.56 Å². The lowest BCUT2D eigenvalue weighted by Crippen LogP contribution is -2.50. The SMILES string of the molecule is O=C(c1ccn(-c2ccccc2F)n1)N1CCN(S(=O)(=O)Cc2ccccc2)CC1. The maximum absolute atomic E-state index is 13.9. The van der Waals surface area contributed by atoms with Crippen molar-refractivity contribution in [2.24, 2.45) is 0 Å². The van der Waals surface area contributed by atoms with Crippen molar-refractivity contribution in [3.05, 3.63) is 83.9 Å². The third kappa shape index (κ3) is 4.27. The molecule has 1 saturated heterocycles. The molecule has 0 atom stereocenters. The maximum atomic E-state index is 13.9. The van der Waals surface area contributed by atoms with Crippen LogP contribution >= 0.6 is 0 Å². The Morgan fingerprint density at radius 1 is 0.933 bits per heavy atom. The number of hydrogen-bond donors (Lipinski definition) is 0. The van der Waals surface area contributed by atoms with E-state index < -0.39 is 15.8 Å². The normalized spacial score (nSPS) is 15.3. The van der Waals surface area contributed by atoms with Crippen LogP contribution in [0.5, 0.6) is 0 Å². The third-order valence-electron chi connectivity index (χ3n) is 5.02. The topological polar surface area (TPSA) is 75.5 Å². The smallest absolute Gasteiger partial charge is 0.274 e. The minimum absolute atomic E-state index is 0.0607. The summed E-state index contributed by atoms with van der Waals surface area (Å²) in [6.45, 7) is 1.02. The summed E-state index contributed by atoms with van der Waals surface area (Å²) in [7, 11) is -3.45. The number of piperazine rings is 1. The van der Waals surface area contributed by atoms with Gasteiger partial charge in [-0.25, -0.2) is 17.5 Å². The van der Waals surface area contributed by atoms with E-state index in [2.05, 4.69) is 5.10 Å². The van der Waals surface area contributed by atoms with Crippen LogP contribution in [0.3, 0.4) is 0 Å². The molecule has 0 spiro atoms. The fraction of sp³-hybridized carbons (Fsp3) is 0.238. The summed E-state index contributed by atoms with van der Waals surface area (Å²) in [6, 6.07) is 16.7. The molecule has 2 heterocycles. The Bertz CT molecular complexity index is 1140. The van der Waals surface area contributed by atoms with Gasteiger partial charge in [0.25, 0.3) is 5.91 Å². The van der Waals surface area contributed by atoms with Gasteiger partial charge in [-0.3, -0.25) is 4.79 Å². The number of carbonyl (C=O) groups excluding carboxylic acids is 1. The van der Waals surface area contributed by atoms with Gasteiger partial charge in [-0.15, -0.1) is 0 Å². The molecule has 1 fully saturated rings. The number of amides is 1. The first-order valence-corrected chi connectivity index (χ1v) is 11.2. The Morgan fingerprint density at radius 2 is 1.60 bits per heavy atom. The van der Waals surface area contributed by atoms with Crippen LogP contribution in [0.4, 0.5) is 4.39 Å². The highest BCUT2D eigenvalue weighted by Gasteiger charge is 2.30. The van der Waals surface area contributed by atoms with Crippen molar-refractivity contribution in [2.75, 3.05) is 26.2 Å². The number of aromatic nitrogens is 2. The Labute approximate surface area is 174 Å². The summed E-state index contributed by atoms with van der Waals surface area (Å²) in [6.07, 6.45) is 1.53. The molecule has 2 aromatic carbocycles. The molecule has 9 heteroatoms. The predicted octanol–water partition coefficient (Wildman–Crippen LogP) is 2.30. The molecular formula is C21H21FN4O3S. The van der Waals surface area contributed by atoms with Gasteiger partial charge in [0.1, 0.15) is 11.5 Å². The highest BCUT2D eigenvalue weighted by atomic mass is 32.2. The standard InChI is InChI=1S/C21H21FN4O3S/c22-18-8-4-5-9-20(18)26-11-10-19(23-26)21(27)24-12-14-25(15-13-24)30(28,29)16-17-6-2-1-3-7-17/h1-11H,12-16H2. The minimum atomic E-state index is -3.45. The quantitative estimate of drug-likeness (QED) is 0.625. The first-order chi connectivity index (χ1) is 14.4. The Hall–Kier alpha value is -3.04. The fourth-order valence-electron chi connectivity index (χ4n) is 3.42. The van der Waals surface area contributed by atoms with Crippen LogP contribution in [-0.2, 0) is 15.8 Å². The number of nitrogens with zero attached hydrogens (tertiary/aromatic N) is 4. The number of sulfonamides is 1. The number of halogens is 1. The third-order valence-corrected chi connectivity index (χ3v) is 6.87. The lowest BCUT2D eigenvalue weighted by atomic mass is 10.2. The van der Waals surface area contributed by atoms with Gasteiger partial charge in [-0.2, -0.15) is 9.40 Å². The first-order valence-electron chi connectivity index (χ1n) is 9.56. The number of benzene rings is 2. The minimum Gasteiger partial charge on any atom is -0.335 e. The average molecular weight is 428 g/mol. The van der Waals surface area contributed by atoms with Crippen molar-refractivity contribution in [1.82, 2.24) is 19.0 Å².